The van der Waals surface area contributed by atoms with E-state index in [0.29, 0.717) is 19.5 Å². The number of hydrogen-bond acceptors (Lipinski definition) is 3. The maximum atomic E-state index is 11.7. The molecular weight excluding hydrogens is 312 g/mol. The molecule has 0 saturated carbocycles. The van der Waals surface area contributed by atoms with Crippen LogP contribution in [0.1, 0.15) is 18.4 Å². The highest BCUT2D eigenvalue weighted by molar-refractivity contribution is 5.78. The van der Waals surface area contributed by atoms with Gasteiger partial charge in [0.15, 0.2) is 0 Å². The number of aliphatic hydroxyl groups is 1. The summed E-state index contributed by atoms with van der Waals surface area (Å²) in [6.07, 6.45) is 1.01. The minimum absolute atomic E-state index is 0.163. The number of aliphatic hydroxyl groups excluding tert-OH is 1. The van der Waals surface area contributed by atoms with Gasteiger partial charge in [-0.15, -0.1) is 0 Å². The predicted octanol–water partition coefficient (Wildman–Crippen LogP) is 2.77. The van der Waals surface area contributed by atoms with E-state index >= 15 is 0 Å². The highest BCUT2D eigenvalue weighted by atomic mass is 16.3. The van der Waals surface area contributed by atoms with Gasteiger partial charge in [0.25, 0.3) is 0 Å². The molecule has 2 aromatic rings. The second-order valence-corrected chi connectivity index (χ2v) is 6.82. The van der Waals surface area contributed by atoms with Crippen molar-refractivity contribution in [2.45, 2.75) is 25.5 Å². The zero-order valence-corrected chi connectivity index (χ0v) is 14.8. The minimum atomic E-state index is -0.518. The van der Waals surface area contributed by atoms with Gasteiger partial charge in [-0.25, -0.2) is 0 Å². The van der Waals surface area contributed by atoms with Crippen LogP contribution < -0.4 is 0 Å². The number of rotatable bonds is 7. The molecule has 4 nitrogen and oxygen atoms in total. The zero-order chi connectivity index (χ0) is 17.6. The maximum Gasteiger partial charge on any atom is 0.222 e. The summed E-state index contributed by atoms with van der Waals surface area (Å²) in [5.41, 5.74) is 3.66. The van der Waals surface area contributed by atoms with E-state index in [1.165, 1.54) is 16.7 Å². The lowest BCUT2D eigenvalue weighted by Crippen LogP contribution is -2.39. The Balaban J connectivity index is 1.61. The summed E-state index contributed by atoms with van der Waals surface area (Å²) in [5, 5.41) is 10.3. The summed E-state index contributed by atoms with van der Waals surface area (Å²) in [6.45, 7) is 2.52. The molecule has 1 atom stereocenters. The SMILES string of the molecule is CN(Cc1ccccc1-c1ccccc1)CC(O)CN1CCCC1=O. The number of nitrogens with zero attached hydrogens (tertiary/aromatic N) is 2. The molecule has 0 radical (unpaired) electrons. The van der Waals surface area contributed by atoms with Crippen molar-refractivity contribution in [3.63, 3.8) is 0 Å². The minimum Gasteiger partial charge on any atom is -0.390 e. The molecule has 1 heterocycles. The van der Waals surface area contributed by atoms with Gasteiger partial charge in [-0.05, 0) is 30.2 Å². The highest BCUT2D eigenvalue weighted by Crippen LogP contribution is 2.24. The number of carbonyl (C=O) groups excluding carboxylic acids is 1. The second-order valence-electron chi connectivity index (χ2n) is 6.82. The van der Waals surface area contributed by atoms with Gasteiger partial charge >= 0.3 is 0 Å². The summed E-state index contributed by atoms with van der Waals surface area (Å²) in [4.78, 5) is 15.6. The normalized spacial score (nSPS) is 15.8. The Morgan fingerprint density at radius 1 is 1.12 bits per heavy atom. The smallest absolute Gasteiger partial charge is 0.222 e. The molecule has 0 bridgehead atoms. The summed E-state index contributed by atoms with van der Waals surface area (Å²) >= 11 is 0. The number of benzene rings is 2. The van der Waals surface area contributed by atoms with E-state index < -0.39 is 6.10 Å². The van der Waals surface area contributed by atoms with Gasteiger partial charge in [0, 0.05) is 32.6 Å². The molecular formula is C21H26N2O2. The van der Waals surface area contributed by atoms with Crippen LogP contribution in [0.3, 0.4) is 0 Å². The number of likely N-dealkylation sites (N-methyl/N-ethyl adjacent to an activating group) is 1. The summed E-state index contributed by atoms with van der Waals surface area (Å²) in [6, 6.07) is 18.7. The van der Waals surface area contributed by atoms with Crippen molar-refractivity contribution in [3.05, 3.63) is 60.2 Å². The number of amides is 1. The molecule has 3 rings (SSSR count). The highest BCUT2D eigenvalue weighted by Gasteiger charge is 2.23. The third kappa shape index (κ3) is 4.68. The van der Waals surface area contributed by atoms with Gasteiger partial charge in [0.2, 0.25) is 5.91 Å². The van der Waals surface area contributed by atoms with E-state index in [1.807, 2.05) is 25.2 Å². The van der Waals surface area contributed by atoms with Gasteiger partial charge in [-0.3, -0.25) is 9.69 Å². The van der Waals surface area contributed by atoms with Crippen LogP contribution in [0, 0.1) is 0 Å². The lowest BCUT2D eigenvalue weighted by Gasteiger charge is -2.25. The van der Waals surface area contributed by atoms with Crippen LogP contribution in [-0.2, 0) is 11.3 Å². The van der Waals surface area contributed by atoms with Crippen LogP contribution in [-0.4, -0.2) is 53.6 Å². The van der Waals surface area contributed by atoms with Crippen LogP contribution >= 0.6 is 0 Å². The summed E-state index contributed by atoms with van der Waals surface area (Å²) in [7, 11) is 2.01. The molecule has 1 N–H and O–H groups in total. The van der Waals surface area contributed by atoms with Crippen molar-refractivity contribution in [3.8, 4) is 11.1 Å². The van der Waals surface area contributed by atoms with E-state index in [9.17, 15) is 9.90 Å². The topological polar surface area (TPSA) is 43.8 Å². The molecule has 1 saturated heterocycles. The van der Waals surface area contributed by atoms with Crippen LogP contribution in [0.5, 0.6) is 0 Å². The first-order valence-electron chi connectivity index (χ1n) is 8.91. The van der Waals surface area contributed by atoms with Gasteiger partial charge < -0.3 is 10.0 Å². The lowest BCUT2D eigenvalue weighted by molar-refractivity contribution is -0.129. The number of carbonyl (C=O) groups is 1. The maximum absolute atomic E-state index is 11.7. The molecule has 1 amide bonds. The monoisotopic (exact) mass is 338 g/mol. The first-order valence-corrected chi connectivity index (χ1v) is 8.91. The fourth-order valence-corrected chi connectivity index (χ4v) is 3.48. The Morgan fingerprint density at radius 3 is 2.56 bits per heavy atom. The van der Waals surface area contributed by atoms with Crippen molar-refractivity contribution in [1.82, 2.24) is 9.80 Å². The Bertz CT molecular complexity index is 702. The lowest BCUT2D eigenvalue weighted by atomic mass is 9.99. The van der Waals surface area contributed by atoms with Crippen LogP contribution in [0.15, 0.2) is 54.6 Å². The summed E-state index contributed by atoms with van der Waals surface area (Å²) < 4.78 is 0. The van der Waals surface area contributed by atoms with Crippen LogP contribution in [0.2, 0.25) is 0 Å². The fraction of sp³-hybridized carbons (Fsp3) is 0.381. The Labute approximate surface area is 149 Å². The molecule has 1 unspecified atom stereocenters. The van der Waals surface area contributed by atoms with E-state index in [0.717, 1.165) is 19.5 Å². The van der Waals surface area contributed by atoms with Crippen molar-refractivity contribution in [1.29, 1.82) is 0 Å². The molecule has 4 heteroatoms. The molecule has 2 aromatic carbocycles. The number of hydrogen-bond donors (Lipinski definition) is 1. The second kappa shape index (κ2) is 8.28. The zero-order valence-electron chi connectivity index (χ0n) is 14.8. The Kier molecular flexibility index (Phi) is 5.84. The molecule has 1 aliphatic heterocycles. The van der Waals surface area contributed by atoms with Crippen molar-refractivity contribution >= 4 is 5.91 Å². The van der Waals surface area contributed by atoms with Crippen molar-refractivity contribution in [2.24, 2.45) is 0 Å². The third-order valence-corrected chi connectivity index (χ3v) is 4.67. The molecule has 0 aliphatic carbocycles. The Morgan fingerprint density at radius 2 is 1.84 bits per heavy atom. The molecule has 25 heavy (non-hydrogen) atoms. The average Bonchev–Trinajstić information content (AvgIpc) is 3.00. The predicted molar refractivity (Wildman–Crippen MR) is 100 cm³/mol. The first kappa shape index (κ1) is 17.6. The Hall–Kier alpha value is -2.17. The quantitative estimate of drug-likeness (QED) is 0.844. The molecule has 0 spiro atoms. The van der Waals surface area contributed by atoms with Crippen molar-refractivity contribution in [2.75, 3.05) is 26.7 Å². The van der Waals surface area contributed by atoms with E-state index in [2.05, 4.69) is 41.3 Å². The largest absolute Gasteiger partial charge is 0.390 e. The van der Waals surface area contributed by atoms with E-state index in [1.54, 1.807) is 4.90 Å². The van der Waals surface area contributed by atoms with E-state index in [4.69, 9.17) is 0 Å². The van der Waals surface area contributed by atoms with Crippen LogP contribution in [0.25, 0.3) is 11.1 Å². The molecule has 132 valence electrons. The van der Waals surface area contributed by atoms with Gasteiger partial charge in [-0.1, -0.05) is 54.6 Å². The van der Waals surface area contributed by atoms with Gasteiger partial charge in [0.1, 0.15) is 0 Å². The molecule has 0 aromatic heterocycles. The fourth-order valence-electron chi connectivity index (χ4n) is 3.48. The average molecular weight is 338 g/mol. The number of likely N-dealkylation sites (tertiary alicyclic amines) is 1. The summed E-state index contributed by atoms with van der Waals surface area (Å²) in [5.74, 6) is 0.163. The van der Waals surface area contributed by atoms with Crippen molar-refractivity contribution < 1.29 is 9.90 Å². The first-order chi connectivity index (χ1) is 12.1. The third-order valence-electron chi connectivity index (χ3n) is 4.67. The molecule has 1 fully saturated rings. The van der Waals surface area contributed by atoms with Crippen LogP contribution in [0.4, 0.5) is 0 Å². The number of β-amino-alcohol motifs (C(OH)–C–C–N with tert-alkyl or cyclic N) is 1. The van der Waals surface area contributed by atoms with Gasteiger partial charge in [0.05, 0.1) is 6.10 Å². The van der Waals surface area contributed by atoms with E-state index in [-0.39, 0.29) is 5.91 Å². The van der Waals surface area contributed by atoms with Gasteiger partial charge in [-0.2, -0.15) is 0 Å². The standard InChI is InChI=1S/C21H26N2O2/c1-22(15-19(24)16-23-13-7-12-21(23)25)14-18-10-5-6-11-20(18)17-8-3-2-4-9-17/h2-6,8-11,19,24H,7,12-16H2,1H3. The molecule has 1 aliphatic rings.